The van der Waals surface area contributed by atoms with Crippen molar-refractivity contribution in [2.24, 2.45) is 5.92 Å². The van der Waals surface area contributed by atoms with E-state index in [0.717, 1.165) is 6.42 Å². The summed E-state index contributed by atoms with van der Waals surface area (Å²) in [5, 5.41) is 2.48. The Morgan fingerprint density at radius 2 is 1.79 bits per heavy atom. The van der Waals surface area contributed by atoms with Crippen LogP contribution < -0.4 is 5.32 Å². The van der Waals surface area contributed by atoms with Gasteiger partial charge >= 0.3 is 6.18 Å². The van der Waals surface area contributed by atoms with Gasteiger partial charge in [-0.25, -0.2) is 0 Å². The Bertz CT molecular complexity index is 180. The summed E-state index contributed by atoms with van der Waals surface area (Å²) in [6.07, 6.45) is -1.27. The molecule has 1 saturated carbocycles. The molecule has 0 aromatic rings. The first-order chi connectivity index (χ1) is 6.45. The van der Waals surface area contributed by atoms with Crippen LogP contribution in [0.4, 0.5) is 13.2 Å². The second-order valence-corrected chi connectivity index (χ2v) is 4.18. The average molecular weight is 209 g/mol. The summed E-state index contributed by atoms with van der Waals surface area (Å²) in [4.78, 5) is 0. The van der Waals surface area contributed by atoms with Crippen LogP contribution in [0.5, 0.6) is 0 Å². The summed E-state index contributed by atoms with van der Waals surface area (Å²) in [7, 11) is 1.42. The van der Waals surface area contributed by atoms with Crippen molar-refractivity contribution >= 4 is 0 Å². The van der Waals surface area contributed by atoms with Gasteiger partial charge in [0.2, 0.25) is 0 Å². The number of hydrogen-bond donors (Lipinski definition) is 1. The summed E-state index contributed by atoms with van der Waals surface area (Å²) < 4.78 is 38.3. The molecular weight excluding hydrogens is 191 g/mol. The Labute approximate surface area is 83.1 Å². The lowest BCUT2D eigenvalue weighted by Crippen LogP contribution is -2.57. The molecule has 1 aliphatic rings. The van der Waals surface area contributed by atoms with Crippen molar-refractivity contribution in [2.45, 2.75) is 50.7 Å². The van der Waals surface area contributed by atoms with Crippen molar-refractivity contribution in [3.8, 4) is 0 Å². The zero-order chi connectivity index (χ0) is 10.8. The second kappa shape index (κ2) is 4.09. The van der Waals surface area contributed by atoms with Crippen molar-refractivity contribution in [1.82, 2.24) is 5.32 Å². The number of halogens is 3. The van der Waals surface area contributed by atoms with Crippen molar-refractivity contribution in [1.29, 1.82) is 0 Å². The largest absolute Gasteiger partial charge is 0.406 e. The highest BCUT2D eigenvalue weighted by molar-refractivity contribution is 4.97. The van der Waals surface area contributed by atoms with Gasteiger partial charge in [-0.1, -0.05) is 13.3 Å². The predicted octanol–water partition coefficient (Wildman–Crippen LogP) is 3.11. The standard InChI is InChI=1S/C10H18F3N/c1-3-8-4-6-9(14-2,7-5-8)10(11,12)13/h8,14H,3-7H2,1-2H3. The number of alkyl halides is 3. The van der Waals surface area contributed by atoms with E-state index >= 15 is 0 Å². The normalized spacial score (nSPS) is 34.5. The van der Waals surface area contributed by atoms with Gasteiger partial charge in [-0.2, -0.15) is 13.2 Å². The molecule has 4 heteroatoms. The van der Waals surface area contributed by atoms with E-state index in [1.807, 2.05) is 6.92 Å². The Morgan fingerprint density at radius 3 is 2.07 bits per heavy atom. The molecule has 0 spiro atoms. The number of rotatable bonds is 2. The van der Waals surface area contributed by atoms with Crippen LogP contribution >= 0.6 is 0 Å². The molecule has 0 aliphatic heterocycles. The lowest BCUT2D eigenvalue weighted by Gasteiger charge is -2.41. The van der Waals surface area contributed by atoms with Crippen LogP contribution in [0.3, 0.4) is 0 Å². The van der Waals surface area contributed by atoms with E-state index < -0.39 is 11.7 Å². The van der Waals surface area contributed by atoms with Gasteiger partial charge in [-0.05, 0) is 38.6 Å². The molecule has 0 aromatic carbocycles. The van der Waals surface area contributed by atoms with E-state index in [2.05, 4.69) is 5.32 Å². The summed E-state index contributed by atoms with van der Waals surface area (Å²) in [6, 6.07) is 0. The fourth-order valence-electron chi connectivity index (χ4n) is 2.25. The zero-order valence-corrected chi connectivity index (χ0v) is 8.75. The minimum absolute atomic E-state index is 0.228. The van der Waals surface area contributed by atoms with Crippen molar-refractivity contribution in [3.63, 3.8) is 0 Å². The van der Waals surface area contributed by atoms with Gasteiger partial charge in [-0.3, -0.25) is 0 Å². The summed E-state index contributed by atoms with van der Waals surface area (Å²) >= 11 is 0. The van der Waals surface area contributed by atoms with Crippen LogP contribution in [0.25, 0.3) is 0 Å². The second-order valence-electron chi connectivity index (χ2n) is 4.18. The van der Waals surface area contributed by atoms with Gasteiger partial charge in [0.15, 0.2) is 0 Å². The molecule has 1 nitrogen and oxygen atoms in total. The quantitative estimate of drug-likeness (QED) is 0.736. The smallest absolute Gasteiger partial charge is 0.307 e. The van der Waals surface area contributed by atoms with E-state index in [0.29, 0.717) is 18.8 Å². The molecule has 0 heterocycles. The molecule has 0 atom stereocenters. The number of hydrogen-bond acceptors (Lipinski definition) is 1. The maximum atomic E-state index is 12.8. The molecule has 1 rings (SSSR count). The van der Waals surface area contributed by atoms with Crippen LogP contribution in [0, 0.1) is 5.92 Å². The molecule has 0 unspecified atom stereocenters. The van der Waals surface area contributed by atoms with Gasteiger partial charge in [0, 0.05) is 0 Å². The first-order valence-corrected chi connectivity index (χ1v) is 5.21. The van der Waals surface area contributed by atoms with Crippen LogP contribution in [0.2, 0.25) is 0 Å². The molecule has 0 amide bonds. The monoisotopic (exact) mass is 209 g/mol. The molecule has 0 radical (unpaired) electrons. The third-order valence-corrected chi connectivity index (χ3v) is 3.56. The Hall–Kier alpha value is -0.250. The van der Waals surface area contributed by atoms with Crippen LogP contribution in [0.1, 0.15) is 39.0 Å². The first kappa shape index (κ1) is 11.8. The highest BCUT2D eigenvalue weighted by atomic mass is 19.4. The zero-order valence-electron chi connectivity index (χ0n) is 8.75. The van der Waals surface area contributed by atoms with E-state index in [1.54, 1.807) is 0 Å². The summed E-state index contributed by atoms with van der Waals surface area (Å²) in [5.74, 6) is 0.485. The summed E-state index contributed by atoms with van der Waals surface area (Å²) in [5.41, 5.74) is -1.61. The fourth-order valence-corrected chi connectivity index (χ4v) is 2.25. The Balaban J connectivity index is 2.66. The van der Waals surface area contributed by atoms with Gasteiger partial charge < -0.3 is 5.32 Å². The highest BCUT2D eigenvalue weighted by Gasteiger charge is 2.54. The highest BCUT2D eigenvalue weighted by Crippen LogP contribution is 2.43. The fraction of sp³-hybridized carbons (Fsp3) is 1.00. The first-order valence-electron chi connectivity index (χ1n) is 5.21. The minimum Gasteiger partial charge on any atom is -0.307 e. The molecule has 0 bridgehead atoms. The van der Waals surface area contributed by atoms with Gasteiger partial charge in [-0.15, -0.1) is 0 Å². The molecule has 14 heavy (non-hydrogen) atoms. The SMILES string of the molecule is CCC1CCC(NC)(C(F)(F)F)CC1. The maximum absolute atomic E-state index is 12.8. The molecule has 1 aliphatic carbocycles. The Kier molecular flexibility index (Phi) is 3.45. The molecule has 0 aromatic heterocycles. The summed E-state index contributed by atoms with van der Waals surface area (Å²) in [6.45, 7) is 2.05. The van der Waals surface area contributed by atoms with Crippen LogP contribution in [0.15, 0.2) is 0 Å². The van der Waals surface area contributed by atoms with Gasteiger partial charge in [0.25, 0.3) is 0 Å². The molecular formula is C10H18F3N. The van der Waals surface area contributed by atoms with E-state index in [4.69, 9.17) is 0 Å². The van der Waals surface area contributed by atoms with Crippen molar-refractivity contribution < 1.29 is 13.2 Å². The van der Waals surface area contributed by atoms with Gasteiger partial charge in [0.05, 0.1) is 0 Å². The van der Waals surface area contributed by atoms with Gasteiger partial charge in [0.1, 0.15) is 5.54 Å². The maximum Gasteiger partial charge on any atom is 0.406 e. The average Bonchev–Trinajstić information content (AvgIpc) is 2.16. The van der Waals surface area contributed by atoms with Crippen molar-refractivity contribution in [2.75, 3.05) is 7.05 Å². The third-order valence-electron chi connectivity index (χ3n) is 3.56. The molecule has 0 saturated heterocycles. The van der Waals surface area contributed by atoms with E-state index in [-0.39, 0.29) is 12.8 Å². The van der Waals surface area contributed by atoms with E-state index in [1.165, 1.54) is 7.05 Å². The lowest BCUT2D eigenvalue weighted by atomic mass is 9.75. The molecule has 1 fully saturated rings. The molecule has 84 valence electrons. The predicted molar refractivity (Wildman–Crippen MR) is 50.1 cm³/mol. The van der Waals surface area contributed by atoms with Crippen LogP contribution in [-0.2, 0) is 0 Å². The Morgan fingerprint density at radius 1 is 1.29 bits per heavy atom. The van der Waals surface area contributed by atoms with Crippen molar-refractivity contribution in [3.05, 3.63) is 0 Å². The van der Waals surface area contributed by atoms with E-state index in [9.17, 15) is 13.2 Å². The lowest BCUT2D eigenvalue weighted by molar-refractivity contribution is -0.206. The van der Waals surface area contributed by atoms with Crippen LogP contribution in [-0.4, -0.2) is 18.8 Å². The topological polar surface area (TPSA) is 12.0 Å². The molecule has 1 N–H and O–H groups in total. The third kappa shape index (κ3) is 2.05. The minimum atomic E-state index is -4.11. The number of nitrogens with one attached hydrogen (secondary N) is 1.